The van der Waals surface area contributed by atoms with Crippen LogP contribution in [0.5, 0.6) is 5.75 Å². The third kappa shape index (κ3) is 3.71. The van der Waals surface area contributed by atoms with Gasteiger partial charge < -0.3 is 15.8 Å². The summed E-state index contributed by atoms with van der Waals surface area (Å²) >= 11 is 0. The monoisotopic (exact) mass is 264 g/mol. The van der Waals surface area contributed by atoms with Crippen LogP contribution in [-0.2, 0) is 0 Å². The molecule has 0 aliphatic heterocycles. The van der Waals surface area contributed by atoms with Gasteiger partial charge >= 0.3 is 0 Å². The number of aryl methyl sites for hydroxylation is 1. The van der Waals surface area contributed by atoms with Crippen molar-refractivity contribution >= 4 is 0 Å². The summed E-state index contributed by atoms with van der Waals surface area (Å²) < 4.78 is 5.48. The maximum absolute atomic E-state index is 5.87. The quantitative estimate of drug-likeness (QED) is 0.830. The summed E-state index contributed by atoms with van der Waals surface area (Å²) in [4.78, 5) is 0. The fourth-order valence-electron chi connectivity index (χ4n) is 2.65. The molecular formula is C16H28N2O. The highest BCUT2D eigenvalue weighted by atomic mass is 16.5. The molecule has 0 heterocycles. The summed E-state index contributed by atoms with van der Waals surface area (Å²) in [5.74, 6) is 1.00. The van der Waals surface area contributed by atoms with Gasteiger partial charge in [0.1, 0.15) is 5.75 Å². The van der Waals surface area contributed by atoms with E-state index in [9.17, 15) is 0 Å². The predicted octanol–water partition coefficient (Wildman–Crippen LogP) is 3.01. The summed E-state index contributed by atoms with van der Waals surface area (Å²) in [5, 5.41) is 3.41. The molecule has 0 radical (unpaired) electrons. The lowest BCUT2D eigenvalue weighted by Gasteiger charge is -2.23. The summed E-state index contributed by atoms with van der Waals surface area (Å²) in [5.41, 5.74) is 11.0. The van der Waals surface area contributed by atoms with Crippen LogP contribution in [0.3, 0.4) is 0 Å². The van der Waals surface area contributed by atoms with Crippen LogP contribution in [0.4, 0.5) is 0 Å². The minimum absolute atomic E-state index is 0.247. The maximum atomic E-state index is 5.87. The Labute approximate surface area is 117 Å². The first-order chi connectivity index (χ1) is 8.92. The molecule has 1 aromatic carbocycles. The molecule has 0 aromatic heterocycles. The van der Waals surface area contributed by atoms with Crippen LogP contribution in [0.25, 0.3) is 0 Å². The Morgan fingerprint density at radius 1 is 1.21 bits per heavy atom. The number of nitrogens with two attached hydrogens (primary N) is 1. The second-order valence-electron chi connectivity index (χ2n) is 5.46. The molecule has 3 N–H and O–H groups in total. The van der Waals surface area contributed by atoms with Crippen LogP contribution >= 0.6 is 0 Å². The highest BCUT2D eigenvalue weighted by molar-refractivity contribution is 5.49. The van der Waals surface area contributed by atoms with E-state index in [1.54, 1.807) is 7.11 Å². The van der Waals surface area contributed by atoms with Crippen molar-refractivity contribution in [1.29, 1.82) is 0 Å². The molecule has 0 amide bonds. The average Bonchev–Trinajstić information content (AvgIpc) is 2.36. The van der Waals surface area contributed by atoms with Gasteiger partial charge in [0.25, 0.3) is 0 Å². The van der Waals surface area contributed by atoms with Crippen LogP contribution < -0.4 is 15.8 Å². The van der Waals surface area contributed by atoms with Crippen LogP contribution in [0, 0.1) is 20.8 Å². The van der Waals surface area contributed by atoms with E-state index in [4.69, 9.17) is 10.5 Å². The van der Waals surface area contributed by atoms with Gasteiger partial charge in [-0.1, -0.05) is 6.07 Å². The molecule has 3 nitrogen and oxygen atoms in total. The molecule has 1 rings (SSSR count). The van der Waals surface area contributed by atoms with Crippen LogP contribution in [0.1, 0.15) is 48.1 Å². The molecule has 0 aliphatic rings. The molecule has 0 saturated heterocycles. The Kier molecular flexibility index (Phi) is 5.83. The number of rotatable bonds is 6. The molecule has 0 fully saturated rings. The zero-order chi connectivity index (χ0) is 14.6. The Morgan fingerprint density at radius 3 is 2.32 bits per heavy atom. The van der Waals surface area contributed by atoms with Crippen molar-refractivity contribution in [2.75, 3.05) is 14.2 Å². The third-order valence-corrected chi connectivity index (χ3v) is 3.90. The van der Waals surface area contributed by atoms with Gasteiger partial charge in [-0.25, -0.2) is 0 Å². The SMILES string of the molecule is CNC(CCC(C)N)c1cc(C)c(OC)c(C)c1C. The largest absolute Gasteiger partial charge is 0.496 e. The van der Waals surface area contributed by atoms with Crippen molar-refractivity contribution in [3.05, 3.63) is 28.3 Å². The first-order valence-electron chi connectivity index (χ1n) is 6.99. The molecule has 0 spiro atoms. The second-order valence-corrected chi connectivity index (χ2v) is 5.46. The molecule has 2 unspecified atom stereocenters. The number of ether oxygens (including phenoxy) is 1. The topological polar surface area (TPSA) is 47.3 Å². The van der Waals surface area contributed by atoms with Crippen LogP contribution in [-0.4, -0.2) is 20.2 Å². The smallest absolute Gasteiger partial charge is 0.124 e. The van der Waals surface area contributed by atoms with Crippen molar-refractivity contribution in [2.24, 2.45) is 5.73 Å². The molecule has 19 heavy (non-hydrogen) atoms. The van der Waals surface area contributed by atoms with Gasteiger partial charge in [-0.3, -0.25) is 0 Å². The van der Waals surface area contributed by atoms with E-state index in [0.29, 0.717) is 6.04 Å². The van der Waals surface area contributed by atoms with Gasteiger partial charge in [0, 0.05) is 12.1 Å². The normalized spacial score (nSPS) is 14.3. The zero-order valence-electron chi connectivity index (χ0n) is 13.1. The van der Waals surface area contributed by atoms with E-state index < -0.39 is 0 Å². The Morgan fingerprint density at radius 2 is 1.84 bits per heavy atom. The summed E-state index contributed by atoms with van der Waals surface area (Å²) in [7, 11) is 3.75. The lowest BCUT2D eigenvalue weighted by atomic mass is 9.91. The van der Waals surface area contributed by atoms with E-state index in [1.807, 2.05) is 7.05 Å². The molecule has 0 bridgehead atoms. The van der Waals surface area contributed by atoms with Crippen molar-refractivity contribution in [2.45, 2.75) is 52.6 Å². The van der Waals surface area contributed by atoms with E-state index in [2.05, 4.69) is 39.1 Å². The lowest BCUT2D eigenvalue weighted by Crippen LogP contribution is -2.22. The van der Waals surface area contributed by atoms with Gasteiger partial charge in [-0.05, 0) is 69.8 Å². The summed E-state index contributed by atoms with van der Waals surface area (Å²) in [6.07, 6.45) is 2.08. The third-order valence-electron chi connectivity index (χ3n) is 3.90. The van der Waals surface area contributed by atoms with Gasteiger partial charge in [-0.2, -0.15) is 0 Å². The van der Waals surface area contributed by atoms with Gasteiger partial charge in [-0.15, -0.1) is 0 Å². The number of nitrogens with one attached hydrogen (secondary N) is 1. The molecular weight excluding hydrogens is 236 g/mol. The minimum Gasteiger partial charge on any atom is -0.496 e. The summed E-state index contributed by atoms with van der Waals surface area (Å²) in [6, 6.07) is 2.84. The Hall–Kier alpha value is -1.06. The van der Waals surface area contributed by atoms with Crippen LogP contribution in [0.15, 0.2) is 6.07 Å². The Bertz CT molecular complexity index is 427. The minimum atomic E-state index is 0.247. The number of benzene rings is 1. The summed E-state index contributed by atoms with van der Waals surface area (Å²) in [6.45, 7) is 8.46. The van der Waals surface area contributed by atoms with E-state index in [-0.39, 0.29) is 6.04 Å². The van der Waals surface area contributed by atoms with Crippen molar-refractivity contribution < 1.29 is 4.74 Å². The van der Waals surface area contributed by atoms with E-state index in [0.717, 1.165) is 18.6 Å². The fraction of sp³-hybridized carbons (Fsp3) is 0.625. The number of methoxy groups -OCH3 is 1. The second kappa shape index (κ2) is 6.92. The maximum Gasteiger partial charge on any atom is 0.124 e. The molecule has 108 valence electrons. The van der Waals surface area contributed by atoms with Gasteiger partial charge in [0.2, 0.25) is 0 Å². The van der Waals surface area contributed by atoms with Gasteiger partial charge in [0.15, 0.2) is 0 Å². The molecule has 2 atom stereocenters. The molecule has 0 aliphatic carbocycles. The zero-order valence-corrected chi connectivity index (χ0v) is 13.1. The molecule has 1 aromatic rings. The lowest BCUT2D eigenvalue weighted by molar-refractivity contribution is 0.407. The standard InChI is InChI=1S/C16H28N2O/c1-10-9-14(12(3)13(4)16(10)19-6)15(18-5)8-7-11(2)17/h9,11,15,18H,7-8,17H2,1-6H3. The first kappa shape index (κ1) is 16.0. The number of hydrogen-bond donors (Lipinski definition) is 2. The van der Waals surface area contributed by atoms with Crippen LogP contribution in [0.2, 0.25) is 0 Å². The molecule has 3 heteroatoms. The number of hydrogen-bond acceptors (Lipinski definition) is 3. The average molecular weight is 264 g/mol. The van der Waals surface area contributed by atoms with E-state index >= 15 is 0 Å². The highest BCUT2D eigenvalue weighted by Gasteiger charge is 2.17. The van der Waals surface area contributed by atoms with Crippen molar-refractivity contribution in [3.63, 3.8) is 0 Å². The van der Waals surface area contributed by atoms with Crippen molar-refractivity contribution in [1.82, 2.24) is 5.32 Å². The first-order valence-corrected chi connectivity index (χ1v) is 6.99. The van der Waals surface area contributed by atoms with E-state index in [1.165, 1.54) is 22.3 Å². The Balaban J connectivity index is 3.11. The fourth-order valence-corrected chi connectivity index (χ4v) is 2.65. The van der Waals surface area contributed by atoms with Crippen molar-refractivity contribution in [3.8, 4) is 5.75 Å². The van der Waals surface area contributed by atoms with Gasteiger partial charge in [0.05, 0.1) is 7.11 Å². The predicted molar refractivity (Wildman–Crippen MR) is 81.9 cm³/mol. The molecule has 0 saturated carbocycles. The highest BCUT2D eigenvalue weighted by Crippen LogP contribution is 2.32.